The van der Waals surface area contributed by atoms with Gasteiger partial charge in [-0.3, -0.25) is 5.43 Å². The number of hydrogen-bond acceptors (Lipinski definition) is 3. The van der Waals surface area contributed by atoms with Gasteiger partial charge in [-0.15, -0.1) is 0 Å². The number of ether oxygens (including phenoxy) is 1. The summed E-state index contributed by atoms with van der Waals surface area (Å²) >= 11 is 4.46. The van der Waals surface area contributed by atoms with Crippen LogP contribution in [-0.2, 0) is 0 Å². The first kappa shape index (κ1) is 13.2. The highest BCUT2D eigenvalue weighted by atomic mass is 32.1. The van der Waals surface area contributed by atoms with Gasteiger partial charge in [0.05, 0.1) is 6.21 Å². The van der Waals surface area contributed by atoms with E-state index in [-0.39, 0.29) is 16.4 Å². The van der Waals surface area contributed by atoms with E-state index in [1.165, 1.54) is 0 Å². The van der Waals surface area contributed by atoms with E-state index >= 15 is 0 Å². The number of benzene rings is 1. The molecule has 3 N–H and O–H groups in total. The third kappa shape index (κ3) is 4.68. The molecular weight excluding hydrogens is 255 g/mol. The highest BCUT2D eigenvalue weighted by Crippen LogP contribution is 2.17. The summed E-state index contributed by atoms with van der Waals surface area (Å²) in [6.07, 6.45) is 1.05. The van der Waals surface area contributed by atoms with Gasteiger partial charge in [0.25, 0.3) is 0 Å². The van der Waals surface area contributed by atoms with Crippen molar-refractivity contribution in [1.82, 2.24) is 5.43 Å². The van der Waals surface area contributed by atoms with Gasteiger partial charge in [0, 0.05) is 5.56 Å². The van der Waals surface area contributed by atoms with Crippen LogP contribution in [0.25, 0.3) is 0 Å². The Kier molecular flexibility index (Phi) is 4.70. The largest absolute Gasteiger partial charge is 0.435 e. The lowest BCUT2D eigenvalue weighted by atomic mass is 10.2. The van der Waals surface area contributed by atoms with Gasteiger partial charge in [-0.25, -0.2) is 4.39 Å². The van der Waals surface area contributed by atoms with Crippen molar-refractivity contribution >= 4 is 23.5 Å². The first-order valence-corrected chi connectivity index (χ1v) is 4.72. The van der Waals surface area contributed by atoms with E-state index in [9.17, 15) is 13.2 Å². The van der Waals surface area contributed by atoms with Crippen molar-refractivity contribution in [2.75, 3.05) is 0 Å². The van der Waals surface area contributed by atoms with Crippen LogP contribution in [-0.4, -0.2) is 17.9 Å². The molecule has 1 rings (SSSR count). The molecule has 0 aliphatic rings. The highest BCUT2D eigenvalue weighted by Gasteiger charge is 2.07. The van der Waals surface area contributed by atoms with Gasteiger partial charge in [-0.1, -0.05) is 0 Å². The number of hydrazone groups is 1. The molecule has 17 heavy (non-hydrogen) atoms. The van der Waals surface area contributed by atoms with Crippen LogP contribution in [0, 0.1) is 5.82 Å². The third-order valence-electron chi connectivity index (χ3n) is 1.57. The number of alkyl halides is 2. The zero-order chi connectivity index (χ0) is 12.8. The topological polar surface area (TPSA) is 59.6 Å². The summed E-state index contributed by atoms with van der Waals surface area (Å²) in [5.41, 5.74) is 7.25. The molecule has 0 amide bonds. The maximum absolute atomic E-state index is 13.2. The van der Waals surface area contributed by atoms with Crippen molar-refractivity contribution in [3.8, 4) is 5.75 Å². The van der Waals surface area contributed by atoms with E-state index in [1.807, 2.05) is 0 Å². The van der Waals surface area contributed by atoms with Gasteiger partial charge in [-0.05, 0) is 30.4 Å². The second kappa shape index (κ2) is 6.04. The molecule has 4 nitrogen and oxygen atoms in total. The maximum atomic E-state index is 13.2. The number of nitrogens with two attached hydrogens (primary N) is 1. The Labute approximate surface area is 100 Å². The molecule has 1 aromatic carbocycles. The minimum Gasteiger partial charge on any atom is -0.435 e. The van der Waals surface area contributed by atoms with E-state index < -0.39 is 12.4 Å². The van der Waals surface area contributed by atoms with Crippen LogP contribution in [0.1, 0.15) is 5.56 Å². The van der Waals surface area contributed by atoms with Gasteiger partial charge in [0.15, 0.2) is 5.11 Å². The Hall–Kier alpha value is -1.83. The minimum absolute atomic E-state index is 0.0353. The van der Waals surface area contributed by atoms with E-state index in [0.29, 0.717) is 0 Å². The molecule has 0 saturated carbocycles. The normalized spacial score (nSPS) is 10.8. The summed E-state index contributed by atoms with van der Waals surface area (Å²) in [6, 6.07) is 3.14. The van der Waals surface area contributed by atoms with Crippen LogP contribution in [0.5, 0.6) is 5.75 Å². The smallest absolute Gasteiger partial charge is 0.387 e. The van der Waals surface area contributed by atoms with Crippen LogP contribution in [0.2, 0.25) is 0 Å². The molecule has 92 valence electrons. The van der Waals surface area contributed by atoms with Gasteiger partial charge < -0.3 is 10.5 Å². The molecule has 0 radical (unpaired) electrons. The summed E-state index contributed by atoms with van der Waals surface area (Å²) in [7, 11) is 0. The summed E-state index contributed by atoms with van der Waals surface area (Å²) in [5, 5.41) is 3.40. The molecule has 0 atom stereocenters. The van der Waals surface area contributed by atoms with Gasteiger partial charge >= 0.3 is 6.61 Å². The molecule has 0 heterocycles. The lowest BCUT2D eigenvalue weighted by molar-refractivity contribution is -0.0498. The lowest BCUT2D eigenvalue weighted by Crippen LogP contribution is -2.24. The number of nitrogens with zero attached hydrogens (tertiary/aromatic N) is 1. The number of hydrogen-bond donors (Lipinski definition) is 2. The molecule has 0 bridgehead atoms. The molecule has 0 aliphatic heterocycles. The summed E-state index contributed by atoms with van der Waals surface area (Å²) in [6.45, 7) is -2.97. The van der Waals surface area contributed by atoms with Crippen molar-refractivity contribution in [2.24, 2.45) is 10.8 Å². The Bertz CT molecular complexity index is 439. The molecular formula is C9H8F3N3OS. The average molecular weight is 263 g/mol. The fourth-order valence-electron chi connectivity index (χ4n) is 0.962. The van der Waals surface area contributed by atoms with Gasteiger partial charge in [0.2, 0.25) is 0 Å². The monoisotopic (exact) mass is 263 g/mol. The molecule has 0 spiro atoms. The van der Waals surface area contributed by atoms with Crippen LogP contribution in [0.15, 0.2) is 23.3 Å². The summed E-state index contributed by atoms with van der Waals surface area (Å²) in [5.74, 6) is -0.807. The standard InChI is InChI=1S/C9H8F3N3OS/c10-7-2-1-6(16-8(11)12)3-5(7)4-14-15-9(13)17/h1-4,8H,(H3,13,15,17). The Morgan fingerprint density at radius 3 is 2.82 bits per heavy atom. The van der Waals surface area contributed by atoms with Crippen molar-refractivity contribution < 1.29 is 17.9 Å². The third-order valence-corrected chi connectivity index (χ3v) is 1.66. The van der Waals surface area contributed by atoms with Crippen LogP contribution in [0.4, 0.5) is 13.2 Å². The Morgan fingerprint density at radius 1 is 1.53 bits per heavy atom. The van der Waals surface area contributed by atoms with E-state index in [4.69, 9.17) is 5.73 Å². The van der Waals surface area contributed by atoms with Crippen molar-refractivity contribution in [2.45, 2.75) is 6.61 Å². The SMILES string of the molecule is NC(=S)NN=Cc1cc(OC(F)F)ccc1F. The van der Waals surface area contributed by atoms with E-state index in [2.05, 4.69) is 27.5 Å². The van der Waals surface area contributed by atoms with Crippen LogP contribution in [0.3, 0.4) is 0 Å². The van der Waals surface area contributed by atoms with E-state index in [0.717, 1.165) is 24.4 Å². The van der Waals surface area contributed by atoms with E-state index in [1.54, 1.807) is 0 Å². The molecule has 0 fully saturated rings. The minimum atomic E-state index is -2.97. The zero-order valence-electron chi connectivity index (χ0n) is 8.36. The Morgan fingerprint density at radius 2 is 2.24 bits per heavy atom. The second-order valence-electron chi connectivity index (χ2n) is 2.80. The summed E-state index contributed by atoms with van der Waals surface area (Å²) < 4.78 is 41.1. The molecule has 0 saturated heterocycles. The predicted molar refractivity (Wildman–Crippen MR) is 60.5 cm³/mol. The lowest BCUT2D eigenvalue weighted by Gasteiger charge is -2.05. The van der Waals surface area contributed by atoms with Gasteiger partial charge in [0.1, 0.15) is 11.6 Å². The number of halogens is 3. The highest BCUT2D eigenvalue weighted by molar-refractivity contribution is 7.80. The van der Waals surface area contributed by atoms with Crippen molar-refractivity contribution in [3.05, 3.63) is 29.6 Å². The predicted octanol–water partition coefficient (Wildman–Crippen LogP) is 1.59. The molecule has 1 aromatic rings. The average Bonchev–Trinajstić information content (AvgIpc) is 2.21. The fraction of sp³-hybridized carbons (Fsp3) is 0.111. The first-order valence-electron chi connectivity index (χ1n) is 4.32. The van der Waals surface area contributed by atoms with Crippen LogP contribution < -0.4 is 15.9 Å². The second-order valence-corrected chi connectivity index (χ2v) is 3.24. The van der Waals surface area contributed by atoms with Crippen molar-refractivity contribution in [3.63, 3.8) is 0 Å². The number of thiocarbonyl (C=S) groups is 1. The number of rotatable bonds is 4. The van der Waals surface area contributed by atoms with Gasteiger partial charge in [-0.2, -0.15) is 13.9 Å². The maximum Gasteiger partial charge on any atom is 0.387 e. The number of nitrogens with one attached hydrogen (secondary N) is 1. The molecule has 8 heteroatoms. The quantitative estimate of drug-likeness (QED) is 0.492. The zero-order valence-corrected chi connectivity index (χ0v) is 9.18. The molecule has 0 aliphatic carbocycles. The van der Waals surface area contributed by atoms with Crippen LogP contribution >= 0.6 is 12.2 Å². The summed E-state index contributed by atoms with van der Waals surface area (Å²) in [4.78, 5) is 0. The fourth-order valence-corrected chi connectivity index (χ4v) is 1.02. The molecule has 0 aromatic heterocycles. The van der Waals surface area contributed by atoms with Crippen molar-refractivity contribution in [1.29, 1.82) is 0 Å². The molecule has 0 unspecified atom stereocenters. The first-order chi connectivity index (χ1) is 7.99. The Balaban J connectivity index is 2.83.